The lowest BCUT2D eigenvalue weighted by atomic mass is 9.88. The minimum Gasteiger partial charge on any atom is -0.380 e. The van der Waals surface area contributed by atoms with Crippen LogP contribution in [0.25, 0.3) is 0 Å². The number of halogens is 2. The molecule has 1 nitrogen and oxygen atoms in total. The van der Waals surface area contributed by atoms with Crippen molar-refractivity contribution in [1.29, 1.82) is 0 Å². The summed E-state index contributed by atoms with van der Waals surface area (Å²) >= 11 is 11.8. The molecule has 1 N–H and O–H groups in total. The van der Waals surface area contributed by atoms with Gasteiger partial charge in [-0.15, -0.1) is 0 Å². The maximum absolute atomic E-state index is 10.5. The molecule has 0 amide bonds. The Morgan fingerprint density at radius 3 is 1.65 bits per heavy atom. The molecule has 2 rings (SSSR count). The van der Waals surface area contributed by atoms with Crippen LogP contribution in [0.1, 0.15) is 11.1 Å². The van der Waals surface area contributed by atoms with Gasteiger partial charge in [-0.25, -0.2) is 0 Å². The van der Waals surface area contributed by atoms with Crippen LogP contribution in [0.4, 0.5) is 0 Å². The average molecular weight is 266 g/mol. The maximum atomic E-state index is 10.5. The largest absolute Gasteiger partial charge is 0.380 e. The van der Waals surface area contributed by atoms with Crippen molar-refractivity contribution >= 4 is 23.2 Å². The zero-order valence-electron chi connectivity index (χ0n) is 9.03. The Morgan fingerprint density at radius 2 is 1.29 bits per heavy atom. The molecule has 0 saturated heterocycles. The SMILES string of the molecule is [CH2]C(O)(c1cccc(Cl)c1)c1cccc(Cl)c1. The normalized spacial score (nSPS) is 11.5. The first-order chi connectivity index (χ1) is 8.00. The van der Waals surface area contributed by atoms with E-state index in [1.807, 2.05) is 0 Å². The highest BCUT2D eigenvalue weighted by atomic mass is 35.5. The third-order valence-corrected chi connectivity index (χ3v) is 3.07. The fourth-order valence-electron chi connectivity index (χ4n) is 1.66. The molecular formula is C14H11Cl2O. The topological polar surface area (TPSA) is 20.2 Å². The highest BCUT2D eigenvalue weighted by Crippen LogP contribution is 2.31. The minimum absolute atomic E-state index is 0.562. The zero-order valence-corrected chi connectivity index (χ0v) is 10.5. The van der Waals surface area contributed by atoms with E-state index in [0.29, 0.717) is 21.2 Å². The second kappa shape index (κ2) is 4.69. The van der Waals surface area contributed by atoms with Gasteiger partial charge in [0.15, 0.2) is 0 Å². The molecule has 87 valence electrons. The predicted molar refractivity (Wildman–Crippen MR) is 71.3 cm³/mol. The lowest BCUT2D eigenvalue weighted by Crippen LogP contribution is -2.23. The van der Waals surface area contributed by atoms with Crippen LogP contribution in [0.2, 0.25) is 10.0 Å². The van der Waals surface area contributed by atoms with Gasteiger partial charge in [0, 0.05) is 10.0 Å². The summed E-state index contributed by atoms with van der Waals surface area (Å²) in [6, 6.07) is 14.0. The first kappa shape index (κ1) is 12.4. The van der Waals surface area contributed by atoms with Crippen molar-refractivity contribution in [2.45, 2.75) is 5.60 Å². The second-order valence-corrected chi connectivity index (χ2v) is 4.75. The van der Waals surface area contributed by atoms with E-state index in [9.17, 15) is 5.11 Å². The smallest absolute Gasteiger partial charge is 0.115 e. The molecular weight excluding hydrogens is 255 g/mol. The van der Waals surface area contributed by atoms with E-state index in [1.54, 1.807) is 48.5 Å². The maximum Gasteiger partial charge on any atom is 0.115 e. The number of aliphatic hydroxyl groups is 1. The Hall–Kier alpha value is -1.02. The first-order valence-electron chi connectivity index (χ1n) is 5.10. The van der Waals surface area contributed by atoms with Crippen molar-refractivity contribution in [3.05, 3.63) is 76.6 Å². The lowest BCUT2D eigenvalue weighted by molar-refractivity contribution is 0.131. The van der Waals surface area contributed by atoms with E-state index in [4.69, 9.17) is 23.2 Å². The van der Waals surface area contributed by atoms with Crippen molar-refractivity contribution in [3.63, 3.8) is 0 Å². The van der Waals surface area contributed by atoms with Crippen molar-refractivity contribution < 1.29 is 5.11 Å². The van der Waals surface area contributed by atoms with E-state index in [-0.39, 0.29) is 0 Å². The number of rotatable bonds is 2. The Morgan fingerprint density at radius 1 is 0.882 bits per heavy atom. The van der Waals surface area contributed by atoms with Crippen LogP contribution in [0.15, 0.2) is 48.5 Å². The van der Waals surface area contributed by atoms with E-state index >= 15 is 0 Å². The summed E-state index contributed by atoms with van der Waals surface area (Å²) in [5, 5.41) is 11.6. The van der Waals surface area contributed by atoms with E-state index < -0.39 is 5.60 Å². The molecule has 0 heterocycles. The van der Waals surface area contributed by atoms with Gasteiger partial charge in [-0.3, -0.25) is 0 Å². The second-order valence-electron chi connectivity index (χ2n) is 3.88. The van der Waals surface area contributed by atoms with Crippen LogP contribution < -0.4 is 0 Å². The molecule has 17 heavy (non-hydrogen) atoms. The highest BCUT2D eigenvalue weighted by Gasteiger charge is 2.25. The van der Waals surface area contributed by atoms with Gasteiger partial charge in [-0.2, -0.15) is 0 Å². The van der Waals surface area contributed by atoms with E-state index in [1.165, 1.54) is 0 Å². The van der Waals surface area contributed by atoms with Crippen LogP contribution in [0.3, 0.4) is 0 Å². The average Bonchev–Trinajstić information content (AvgIpc) is 2.29. The third-order valence-electron chi connectivity index (χ3n) is 2.60. The zero-order chi connectivity index (χ0) is 12.5. The molecule has 0 fully saturated rings. The van der Waals surface area contributed by atoms with E-state index in [0.717, 1.165) is 0 Å². The van der Waals surface area contributed by atoms with Crippen LogP contribution in [-0.2, 0) is 5.60 Å². The van der Waals surface area contributed by atoms with Gasteiger partial charge < -0.3 is 5.11 Å². The summed E-state index contributed by atoms with van der Waals surface area (Å²) in [4.78, 5) is 0. The van der Waals surface area contributed by atoms with Crippen LogP contribution >= 0.6 is 23.2 Å². The fourth-order valence-corrected chi connectivity index (χ4v) is 2.04. The molecule has 0 unspecified atom stereocenters. The summed E-state index contributed by atoms with van der Waals surface area (Å²) in [5.74, 6) is 0. The summed E-state index contributed by atoms with van der Waals surface area (Å²) in [5.41, 5.74) is -0.0879. The monoisotopic (exact) mass is 265 g/mol. The molecule has 3 heteroatoms. The lowest BCUT2D eigenvalue weighted by Gasteiger charge is -2.24. The van der Waals surface area contributed by atoms with Gasteiger partial charge >= 0.3 is 0 Å². The number of hydrogen-bond donors (Lipinski definition) is 1. The molecule has 0 atom stereocenters. The van der Waals surface area contributed by atoms with Gasteiger partial charge in [0.25, 0.3) is 0 Å². The third kappa shape index (κ3) is 2.63. The predicted octanol–water partition coefficient (Wildman–Crippen LogP) is 4.06. The standard InChI is InChI=1S/C14H11Cl2O/c1-14(17,10-4-2-6-12(15)8-10)11-5-3-7-13(16)9-11/h2-9,17H,1H2. The summed E-state index contributed by atoms with van der Waals surface area (Å²) < 4.78 is 0. The molecule has 0 aliphatic heterocycles. The molecule has 0 saturated carbocycles. The molecule has 0 aromatic heterocycles. The number of hydrogen-bond acceptors (Lipinski definition) is 1. The molecule has 2 aromatic rings. The summed E-state index contributed by atoms with van der Waals surface area (Å²) in [6.45, 7) is 3.83. The number of benzene rings is 2. The quantitative estimate of drug-likeness (QED) is 0.868. The van der Waals surface area contributed by atoms with Crippen LogP contribution in [-0.4, -0.2) is 5.11 Å². The molecule has 0 spiro atoms. The summed E-state index contributed by atoms with van der Waals surface area (Å²) in [6.07, 6.45) is 0. The first-order valence-corrected chi connectivity index (χ1v) is 5.85. The van der Waals surface area contributed by atoms with Gasteiger partial charge in [-0.05, 0) is 42.3 Å². The Bertz CT molecular complexity index is 488. The summed E-state index contributed by atoms with van der Waals surface area (Å²) in [7, 11) is 0. The van der Waals surface area contributed by atoms with Crippen molar-refractivity contribution in [2.24, 2.45) is 0 Å². The van der Waals surface area contributed by atoms with Gasteiger partial charge in [-0.1, -0.05) is 47.5 Å². The molecule has 0 aliphatic rings. The highest BCUT2D eigenvalue weighted by molar-refractivity contribution is 6.31. The fraction of sp³-hybridized carbons (Fsp3) is 0.0714. The molecule has 1 radical (unpaired) electrons. The van der Waals surface area contributed by atoms with Crippen LogP contribution in [0, 0.1) is 6.92 Å². The van der Waals surface area contributed by atoms with Crippen molar-refractivity contribution in [1.82, 2.24) is 0 Å². The van der Waals surface area contributed by atoms with Gasteiger partial charge in [0.1, 0.15) is 5.60 Å². The van der Waals surface area contributed by atoms with Crippen molar-refractivity contribution in [2.75, 3.05) is 0 Å². The van der Waals surface area contributed by atoms with Crippen LogP contribution in [0.5, 0.6) is 0 Å². The minimum atomic E-state index is -1.35. The molecule has 2 aromatic carbocycles. The van der Waals surface area contributed by atoms with Crippen molar-refractivity contribution in [3.8, 4) is 0 Å². The van der Waals surface area contributed by atoms with Gasteiger partial charge in [0.05, 0.1) is 0 Å². The Kier molecular flexibility index (Phi) is 3.43. The van der Waals surface area contributed by atoms with E-state index in [2.05, 4.69) is 6.92 Å². The molecule has 0 aliphatic carbocycles. The van der Waals surface area contributed by atoms with Gasteiger partial charge in [0.2, 0.25) is 0 Å². The molecule has 0 bridgehead atoms. The Labute approximate surface area is 111 Å². The Balaban J connectivity index is 2.49.